The Balaban J connectivity index is 0.933. The number of hydrogen-bond acceptors (Lipinski definition) is 11. The molecule has 2 atom stereocenters. The Bertz CT molecular complexity index is 2250. The third-order valence-corrected chi connectivity index (χ3v) is 18.8. The number of likely N-dealkylation sites (N-methyl/N-ethyl adjacent to an activating group) is 1. The number of H-pyrrole nitrogens is 1. The number of carboxylic acids is 1. The molecule has 334 valence electrons. The molecule has 5 aromatic rings. The second kappa shape index (κ2) is 20.4. The van der Waals surface area contributed by atoms with E-state index in [2.05, 4.69) is 68.4 Å². The number of nitrogens with one attached hydrogen (secondary N) is 3. The molecule has 12 nitrogen and oxygen atoms in total. The van der Waals surface area contributed by atoms with Crippen molar-refractivity contribution in [3.8, 4) is 11.5 Å². The lowest BCUT2D eigenvalue weighted by Gasteiger charge is -2.40. The second-order valence-corrected chi connectivity index (χ2v) is 24.6. The van der Waals surface area contributed by atoms with Gasteiger partial charge in [-0.2, -0.15) is 0 Å². The van der Waals surface area contributed by atoms with Crippen LogP contribution in [-0.2, 0) is 30.8 Å². The highest BCUT2D eigenvalue weighted by atomic mass is 32.1. The minimum absolute atomic E-state index is 0.0198. The number of aromatic nitrogens is 1. The molecule has 15 heteroatoms. The van der Waals surface area contributed by atoms with E-state index in [9.17, 15) is 24.6 Å². The van der Waals surface area contributed by atoms with Crippen LogP contribution in [0.25, 0.3) is 10.9 Å². The Labute approximate surface area is 373 Å². The molecule has 3 aromatic heterocycles. The van der Waals surface area contributed by atoms with Crippen LogP contribution >= 0.6 is 22.7 Å². The quantitative estimate of drug-likeness (QED) is 0.0480. The largest absolute Gasteiger partial charge is 0.506 e. The van der Waals surface area contributed by atoms with E-state index >= 15 is 0 Å². The Hall–Kier alpha value is -4.35. The molecule has 0 aliphatic heterocycles. The first-order chi connectivity index (χ1) is 29.5. The Kier molecular flexibility index (Phi) is 15.5. The van der Waals surface area contributed by atoms with E-state index in [1.807, 2.05) is 65.4 Å². The van der Waals surface area contributed by atoms with Crippen molar-refractivity contribution in [3.63, 3.8) is 0 Å². The van der Waals surface area contributed by atoms with Gasteiger partial charge in [0, 0.05) is 43.2 Å². The first kappa shape index (κ1) is 47.1. The van der Waals surface area contributed by atoms with Gasteiger partial charge in [0.2, 0.25) is 11.2 Å². The highest BCUT2D eigenvalue weighted by molar-refractivity contribution is 7.12. The molecule has 0 bridgehead atoms. The topological polar surface area (TPSA) is 162 Å². The summed E-state index contributed by atoms with van der Waals surface area (Å²) < 4.78 is 19.3. The molecule has 5 N–H and O–H groups in total. The van der Waals surface area contributed by atoms with Crippen molar-refractivity contribution in [2.24, 2.45) is 0 Å². The van der Waals surface area contributed by atoms with Crippen LogP contribution in [-0.4, -0.2) is 91.8 Å². The molecule has 1 fully saturated rings. The van der Waals surface area contributed by atoms with Crippen molar-refractivity contribution in [1.29, 1.82) is 0 Å². The summed E-state index contributed by atoms with van der Waals surface area (Å²) in [6.07, 6.45) is 3.54. The minimum Gasteiger partial charge on any atom is -0.506 e. The smallest absolute Gasteiger partial charge is 0.347 e. The summed E-state index contributed by atoms with van der Waals surface area (Å²) in [4.78, 5) is 44.0. The SMILES string of the molecule is CC(Cc1ccc(OCC(=O)NCCN(C)C2CCC(OC(C(=O)O)(c3cccs3)c3cccs3)CC2)cc1)NC[C@H](O[Si](C)(C)C(C)(C)C)c1ccc(O)c2[nH]c(=O)ccc12. The van der Waals surface area contributed by atoms with Crippen molar-refractivity contribution in [2.75, 3.05) is 33.3 Å². The maximum atomic E-state index is 12.8. The zero-order valence-electron chi connectivity index (χ0n) is 36.9. The number of carbonyl (C=O) groups is 2. The third kappa shape index (κ3) is 11.4. The number of nitrogens with zero attached hydrogens (tertiary/aromatic N) is 1. The van der Waals surface area contributed by atoms with E-state index in [0.29, 0.717) is 46.7 Å². The molecule has 0 saturated heterocycles. The average Bonchev–Trinajstić information content (AvgIpc) is 3.98. The van der Waals surface area contributed by atoms with Crippen LogP contribution in [0.2, 0.25) is 18.1 Å². The minimum atomic E-state index is -2.21. The lowest BCUT2D eigenvalue weighted by molar-refractivity contribution is -0.170. The number of phenolic OH excluding ortho intramolecular Hbond substituents is 1. The van der Waals surface area contributed by atoms with Crippen molar-refractivity contribution in [1.82, 2.24) is 20.5 Å². The number of pyridine rings is 1. The van der Waals surface area contributed by atoms with Gasteiger partial charge in [-0.25, -0.2) is 4.79 Å². The molecule has 1 unspecified atom stereocenters. The van der Waals surface area contributed by atoms with Crippen molar-refractivity contribution in [3.05, 3.63) is 115 Å². The number of benzene rings is 2. The van der Waals surface area contributed by atoms with Crippen molar-refractivity contribution in [2.45, 2.75) is 108 Å². The zero-order chi connectivity index (χ0) is 44.7. The fraction of sp³-hybridized carbons (Fsp3) is 0.468. The predicted octanol–water partition coefficient (Wildman–Crippen LogP) is 8.42. The van der Waals surface area contributed by atoms with E-state index in [-0.39, 0.29) is 47.1 Å². The van der Waals surface area contributed by atoms with E-state index in [1.165, 1.54) is 28.7 Å². The van der Waals surface area contributed by atoms with Gasteiger partial charge < -0.3 is 44.6 Å². The maximum Gasteiger partial charge on any atom is 0.347 e. The first-order valence-corrected chi connectivity index (χ1v) is 26.1. The van der Waals surface area contributed by atoms with Crippen LogP contribution in [0, 0.1) is 0 Å². The van der Waals surface area contributed by atoms with Crippen LogP contribution in [0.5, 0.6) is 11.5 Å². The number of phenols is 1. The number of hydrogen-bond donors (Lipinski definition) is 5. The second-order valence-electron chi connectivity index (χ2n) is 17.9. The fourth-order valence-corrected chi connectivity index (χ4v) is 10.9. The summed E-state index contributed by atoms with van der Waals surface area (Å²) >= 11 is 2.81. The summed E-state index contributed by atoms with van der Waals surface area (Å²) in [5.41, 5.74) is 0.659. The predicted molar refractivity (Wildman–Crippen MR) is 250 cm³/mol. The van der Waals surface area contributed by atoms with Crippen LogP contribution in [0.15, 0.2) is 88.4 Å². The van der Waals surface area contributed by atoms with Crippen molar-refractivity contribution < 1.29 is 33.7 Å². The molecule has 1 amide bonds. The average molecular weight is 903 g/mol. The number of carboxylic acid groups (broad SMARTS) is 1. The van der Waals surface area contributed by atoms with Gasteiger partial charge >= 0.3 is 5.97 Å². The van der Waals surface area contributed by atoms with Gasteiger partial charge in [0.25, 0.3) is 5.91 Å². The molecule has 6 rings (SSSR count). The van der Waals surface area contributed by atoms with Gasteiger partial charge in [-0.05, 0) is 122 Å². The van der Waals surface area contributed by atoms with E-state index < -0.39 is 19.9 Å². The third-order valence-electron chi connectivity index (χ3n) is 12.4. The van der Waals surface area contributed by atoms with Gasteiger partial charge in [-0.3, -0.25) is 9.59 Å². The molecule has 1 saturated carbocycles. The monoisotopic (exact) mass is 902 g/mol. The Morgan fingerprint density at radius 1 is 0.952 bits per heavy atom. The lowest BCUT2D eigenvalue weighted by atomic mass is 9.90. The molecule has 0 spiro atoms. The summed E-state index contributed by atoms with van der Waals surface area (Å²) in [5, 5.41) is 32.2. The number of amides is 1. The molecule has 62 heavy (non-hydrogen) atoms. The Morgan fingerprint density at radius 2 is 1.61 bits per heavy atom. The van der Waals surface area contributed by atoms with Crippen LogP contribution < -0.4 is 20.9 Å². The zero-order valence-corrected chi connectivity index (χ0v) is 39.5. The molecule has 2 aromatic carbocycles. The number of ether oxygens (including phenoxy) is 2. The maximum absolute atomic E-state index is 12.8. The lowest BCUT2D eigenvalue weighted by Crippen LogP contribution is -2.45. The van der Waals surface area contributed by atoms with Crippen LogP contribution in [0.3, 0.4) is 0 Å². The van der Waals surface area contributed by atoms with E-state index in [4.69, 9.17) is 13.9 Å². The summed E-state index contributed by atoms with van der Waals surface area (Å²) in [7, 11) is -0.149. The van der Waals surface area contributed by atoms with Gasteiger partial charge in [0.1, 0.15) is 11.5 Å². The van der Waals surface area contributed by atoms with Crippen LogP contribution in [0.4, 0.5) is 0 Å². The number of aliphatic carboxylic acids is 1. The number of fused-ring (bicyclic) bond motifs is 1. The summed E-state index contributed by atoms with van der Waals surface area (Å²) in [6.45, 7) is 14.8. The van der Waals surface area contributed by atoms with Gasteiger partial charge in [-0.15, -0.1) is 22.7 Å². The molecule has 0 radical (unpaired) electrons. The normalized spacial score (nSPS) is 17.2. The molecular weight excluding hydrogens is 841 g/mol. The summed E-state index contributed by atoms with van der Waals surface area (Å²) in [5.74, 6) is -0.539. The fourth-order valence-electron chi connectivity index (χ4n) is 7.81. The van der Waals surface area contributed by atoms with E-state index in [1.54, 1.807) is 12.1 Å². The number of thiophene rings is 2. The highest BCUT2D eigenvalue weighted by Crippen LogP contribution is 2.43. The molecule has 1 aliphatic rings. The van der Waals surface area contributed by atoms with Crippen molar-refractivity contribution >= 4 is 53.8 Å². The number of rotatable bonds is 20. The highest BCUT2D eigenvalue weighted by Gasteiger charge is 2.48. The molecular formula is C47H62N4O8S2Si. The number of aromatic hydroxyl groups is 1. The first-order valence-electron chi connectivity index (χ1n) is 21.4. The summed E-state index contributed by atoms with van der Waals surface area (Å²) in [6, 6.07) is 22.4. The molecule has 3 heterocycles. The van der Waals surface area contributed by atoms with Gasteiger partial charge in [-0.1, -0.05) is 51.1 Å². The van der Waals surface area contributed by atoms with Gasteiger partial charge in [0.15, 0.2) is 14.9 Å². The van der Waals surface area contributed by atoms with E-state index in [0.717, 1.165) is 48.6 Å². The van der Waals surface area contributed by atoms with Crippen LogP contribution in [0.1, 0.15) is 80.4 Å². The molecule has 1 aliphatic carbocycles. The van der Waals surface area contributed by atoms with Gasteiger partial charge in [0.05, 0.1) is 27.5 Å². The standard InChI is InChI=1S/C47H62N4O8S2Si/c1-31(49-29-39(59-62(6,7)46(2,3)4)36-20-22-38(52)44-37(36)21-23-42(53)50-44)28-32-12-16-34(17-13-32)57-30-43(54)48-24-25-51(5)33-14-18-35(19-15-33)58-47(45(55)56,40-10-8-26-60-40)41-11-9-27-61-41/h8-13,16-17,20-23,26-27,31,33,35,39,49,52H,14-15,18-19,24-25,28-30H2,1-7H3,(H,48,54)(H,50,53)(H,55,56)/t31?,33?,35?,39-/m0/s1. The Morgan fingerprint density at radius 3 is 2.21 bits per heavy atom. The number of aromatic amines is 1. The number of carbonyl (C=O) groups excluding carboxylic acids is 1.